The maximum absolute atomic E-state index is 13.0. The van der Waals surface area contributed by atoms with E-state index in [1.807, 2.05) is 0 Å². The Morgan fingerprint density at radius 1 is 1.25 bits per heavy atom. The Kier molecular flexibility index (Phi) is 7.63. The van der Waals surface area contributed by atoms with Gasteiger partial charge in [0.1, 0.15) is 24.2 Å². The predicted octanol–water partition coefficient (Wildman–Crippen LogP) is -3.45. The first-order chi connectivity index (χ1) is 13.2. The quantitative estimate of drug-likeness (QED) is 0.284. The Balaban J connectivity index is 2.10. The lowest BCUT2D eigenvalue weighted by atomic mass is 10.1. The lowest BCUT2D eigenvalue weighted by molar-refractivity contribution is -0.147. The Labute approximate surface area is 166 Å². The summed E-state index contributed by atoms with van der Waals surface area (Å²) in [5.74, 6) is -1.77. The van der Waals surface area contributed by atoms with Crippen LogP contribution in [0.25, 0.3) is 0 Å². The molecule has 12 heteroatoms. The minimum atomic E-state index is -1.26. The van der Waals surface area contributed by atoms with Gasteiger partial charge in [0, 0.05) is 12.3 Å². The van der Waals surface area contributed by atoms with Crippen LogP contribution in [0.15, 0.2) is 0 Å². The van der Waals surface area contributed by atoms with Crippen LogP contribution in [0, 0.1) is 0 Å². The molecule has 0 radical (unpaired) electrons. The van der Waals surface area contributed by atoms with Crippen molar-refractivity contribution in [3.05, 3.63) is 0 Å². The zero-order valence-corrected chi connectivity index (χ0v) is 16.4. The molecule has 0 bridgehead atoms. The van der Waals surface area contributed by atoms with E-state index in [1.54, 1.807) is 0 Å². The van der Waals surface area contributed by atoms with Gasteiger partial charge in [-0.05, 0) is 19.8 Å². The maximum Gasteiger partial charge on any atom is 0.246 e. The Bertz CT molecular complexity index is 633. The molecule has 2 saturated heterocycles. The van der Waals surface area contributed by atoms with Crippen LogP contribution in [0.1, 0.15) is 19.8 Å². The lowest BCUT2D eigenvalue weighted by Crippen LogP contribution is -2.59. The molecule has 2 aliphatic heterocycles. The van der Waals surface area contributed by atoms with E-state index in [1.165, 1.54) is 28.5 Å². The summed E-state index contributed by atoms with van der Waals surface area (Å²) in [6, 6.07) is -3.95. The first kappa shape index (κ1) is 22.4. The molecule has 0 aromatic heterocycles. The number of carbonyl (C=O) groups is 4. The first-order valence-corrected chi connectivity index (χ1v) is 10.2. The molecule has 4 amide bonds. The maximum atomic E-state index is 13.0. The van der Waals surface area contributed by atoms with Crippen LogP contribution in [-0.4, -0.2) is 98.7 Å². The first-order valence-electron chi connectivity index (χ1n) is 9.02. The minimum absolute atomic E-state index is 0.261. The number of hydrogen-bond donors (Lipinski definition) is 5. The normalized spacial score (nSPS) is 25.3. The van der Waals surface area contributed by atoms with E-state index in [0.29, 0.717) is 25.1 Å². The average Bonchev–Trinajstić information content (AvgIpc) is 3.32. The fraction of sp³-hybridized carbons (Fsp3) is 0.750. The molecule has 5 atom stereocenters. The number of nitrogens with zero attached hydrogens (tertiary/aromatic N) is 2. The summed E-state index contributed by atoms with van der Waals surface area (Å²) in [6.07, 6.45) is -0.123. The highest BCUT2D eigenvalue weighted by atomic mass is 32.2. The number of hydrogen-bond acceptors (Lipinski definition) is 8. The van der Waals surface area contributed by atoms with Crippen molar-refractivity contribution in [2.75, 3.05) is 24.8 Å². The molecule has 158 valence electrons. The summed E-state index contributed by atoms with van der Waals surface area (Å²) in [7, 11) is 0. The van der Waals surface area contributed by atoms with Crippen LogP contribution in [-0.2, 0) is 19.2 Å². The molecule has 0 aromatic carbocycles. The molecular weight excluding hydrogens is 390 g/mol. The van der Waals surface area contributed by atoms with Crippen LogP contribution in [0.3, 0.4) is 0 Å². The average molecular weight is 417 g/mol. The van der Waals surface area contributed by atoms with Crippen molar-refractivity contribution in [2.24, 2.45) is 11.5 Å². The number of primary amides is 1. The van der Waals surface area contributed by atoms with Gasteiger partial charge in [-0.2, -0.15) is 0 Å². The van der Waals surface area contributed by atoms with Crippen molar-refractivity contribution in [1.29, 1.82) is 0 Å². The SMILES string of the molecule is C[C@@H](O)[C@H](NC(=O)[C@@H]1CSCN1C(=O)[C@@H]1CCCN1C(=O)[C@@H](N)CO)C(N)=O. The molecule has 11 nitrogen and oxygen atoms in total. The van der Waals surface area contributed by atoms with Gasteiger partial charge in [-0.1, -0.05) is 0 Å². The van der Waals surface area contributed by atoms with Crippen molar-refractivity contribution < 1.29 is 29.4 Å². The molecule has 0 aliphatic carbocycles. The van der Waals surface area contributed by atoms with E-state index in [9.17, 15) is 24.3 Å². The standard InChI is InChI=1S/C16H27N5O6S/c1-8(23)12(13(18)24)19-14(25)11-6-28-7-21(11)16(27)10-3-2-4-20(10)15(26)9(17)5-22/h8-12,22-23H,2-7,17H2,1H3,(H2,18,24)(H,19,25)/t8-,9+,10+,11+,12+/m1/s1. The van der Waals surface area contributed by atoms with Gasteiger partial charge in [0.25, 0.3) is 0 Å². The predicted molar refractivity (Wildman–Crippen MR) is 101 cm³/mol. The largest absolute Gasteiger partial charge is 0.394 e. The Morgan fingerprint density at radius 3 is 2.50 bits per heavy atom. The van der Waals surface area contributed by atoms with Gasteiger partial charge in [0.2, 0.25) is 23.6 Å². The monoisotopic (exact) mass is 417 g/mol. The van der Waals surface area contributed by atoms with Gasteiger partial charge < -0.3 is 36.8 Å². The molecule has 2 rings (SSSR count). The highest BCUT2D eigenvalue weighted by molar-refractivity contribution is 7.99. The van der Waals surface area contributed by atoms with Crippen molar-refractivity contribution in [3.8, 4) is 0 Å². The van der Waals surface area contributed by atoms with Gasteiger partial charge in [0.05, 0.1) is 18.6 Å². The molecule has 7 N–H and O–H groups in total. The molecular formula is C16H27N5O6S. The Morgan fingerprint density at radius 2 is 1.93 bits per heavy atom. The van der Waals surface area contributed by atoms with Gasteiger partial charge in [0.15, 0.2) is 0 Å². The summed E-state index contributed by atoms with van der Waals surface area (Å²) < 4.78 is 0. The third-order valence-corrected chi connectivity index (χ3v) is 5.90. The second-order valence-electron chi connectivity index (χ2n) is 6.93. The fourth-order valence-electron chi connectivity index (χ4n) is 3.33. The highest BCUT2D eigenvalue weighted by Crippen LogP contribution is 2.27. The molecule has 2 aliphatic rings. The number of carbonyl (C=O) groups excluding carboxylic acids is 4. The number of nitrogens with one attached hydrogen (secondary N) is 1. The van der Waals surface area contributed by atoms with E-state index < -0.39 is 54.6 Å². The fourth-order valence-corrected chi connectivity index (χ4v) is 4.49. The number of amides is 4. The van der Waals surface area contributed by atoms with Gasteiger partial charge >= 0.3 is 0 Å². The van der Waals surface area contributed by atoms with E-state index in [2.05, 4.69) is 5.32 Å². The van der Waals surface area contributed by atoms with Crippen molar-refractivity contribution in [1.82, 2.24) is 15.1 Å². The van der Waals surface area contributed by atoms with Crippen LogP contribution in [0.5, 0.6) is 0 Å². The van der Waals surface area contributed by atoms with Crippen molar-refractivity contribution >= 4 is 35.4 Å². The number of aliphatic hydroxyl groups is 2. The van der Waals surface area contributed by atoms with Gasteiger partial charge in [-0.3, -0.25) is 19.2 Å². The second kappa shape index (κ2) is 9.54. The van der Waals surface area contributed by atoms with Crippen LogP contribution >= 0.6 is 11.8 Å². The van der Waals surface area contributed by atoms with E-state index in [-0.39, 0.29) is 11.8 Å². The molecule has 0 spiro atoms. The molecule has 2 fully saturated rings. The van der Waals surface area contributed by atoms with Gasteiger partial charge in [-0.25, -0.2) is 0 Å². The highest BCUT2D eigenvalue weighted by Gasteiger charge is 2.43. The molecule has 0 aromatic rings. The molecule has 0 unspecified atom stereocenters. The van der Waals surface area contributed by atoms with Crippen LogP contribution in [0.2, 0.25) is 0 Å². The lowest BCUT2D eigenvalue weighted by Gasteiger charge is -2.32. The van der Waals surface area contributed by atoms with Crippen LogP contribution in [0.4, 0.5) is 0 Å². The number of aliphatic hydroxyl groups excluding tert-OH is 2. The summed E-state index contributed by atoms with van der Waals surface area (Å²) in [6.45, 7) is 1.16. The van der Waals surface area contributed by atoms with E-state index in [4.69, 9.17) is 16.6 Å². The number of nitrogens with two attached hydrogens (primary N) is 2. The molecule has 28 heavy (non-hydrogen) atoms. The number of likely N-dealkylation sites (tertiary alicyclic amines) is 1. The minimum Gasteiger partial charge on any atom is -0.394 e. The number of rotatable bonds is 7. The molecule has 0 saturated carbocycles. The summed E-state index contributed by atoms with van der Waals surface area (Å²) in [5, 5.41) is 21.1. The van der Waals surface area contributed by atoms with Crippen molar-refractivity contribution in [3.63, 3.8) is 0 Å². The van der Waals surface area contributed by atoms with Crippen molar-refractivity contribution in [2.45, 2.75) is 50.0 Å². The summed E-state index contributed by atoms with van der Waals surface area (Å²) in [5.41, 5.74) is 10.8. The van der Waals surface area contributed by atoms with E-state index >= 15 is 0 Å². The zero-order chi connectivity index (χ0) is 21.0. The van der Waals surface area contributed by atoms with Gasteiger partial charge in [-0.15, -0.1) is 11.8 Å². The van der Waals surface area contributed by atoms with E-state index in [0.717, 1.165) is 0 Å². The third-order valence-electron chi connectivity index (χ3n) is 4.89. The summed E-state index contributed by atoms with van der Waals surface area (Å²) in [4.78, 5) is 52.1. The Hall–Kier alpha value is -1.89. The third kappa shape index (κ3) is 4.74. The molecule has 2 heterocycles. The number of thioether (sulfide) groups is 1. The second-order valence-corrected chi connectivity index (χ2v) is 7.93. The smallest absolute Gasteiger partial charge is 0.246 e. The topological polar surface area (TPSA) is 179 Å². The zero-order valence-electron chi connectivity index (χ0n) is 15.6. The van der Waals surface area contributed by atoms with Crippen LogP contribution < -0.4 is 16.8 Å². The summed E-state index contributed by atoms with van der Waals surface area (Å²) >= 11 is 1.37.